The molecule has 4 heteroatoms. The molecule has 1 saturated heterocycles. The van der Waals surface area contributed by atoms with Crippen LogP contribution in [-0.2, 0) is 17.8 Å². The van der Waals surface area contributed by atoms with Gasteiger partial charge in [0.2, 0.25) is 6.41 Å². The lowest BCUT2D eigenvalue weighted by atomic mass is 9.90. The number of aliphatic hydroxyl groups is 1. The minimum absolute atomic E-state index is 0.0142. The summed E-state index contributed by atoms with van der Waals surface area (Å²) < 4.78 is 0. The molecule has 0 aromatic heterocycles. The molecule has 130 valence electrons. The highest BCUT2D eigenvalue weighted by atomic mass is 16.3. The number of likely N-dealkylation sites (tertiary alicyclic amines) is 1. The number of ketones is 1. The molecule has 1 fully saturated rings. The number of aliphatic hydroxyl groups excluding tert-OH is 1. The van der Waals surface area contributed by atoms with Crippen molar-refractivity contribution in [3.63, 3.8) is 0 Å². The van der Waals surface area contributed by atoms with Crippen LogP contribution in [0.15, 0.2) is 42.5 Å². The second-order valence-corrected chi connectivity index (χ2v) is 6.50. The standard InChI is InChI=1S/C21H23NO3/c1-2-15-5-3-4-6-20(15)21(25)16-7-8-19(18(11-16)13-23)17-9-10-22(12-17)14-24/h3-8,11,14,17,23H,2,9-10,12-13H2,1H3. The van der Waals surface area contributed by atoms with Crippen molar-refractivity contribution in [1.82, 2.24) is 4.90 Å². The van der Waals surface area contributed by atoms with Crippen molar-refractivity contribution in [1.29, 1.82) is 0 Å². The van der Waals surface area contributed by atoms with Crippen molar-refractivity contribution in [3.8, 4) is 0 Å². The normalized spacial score (nSPS) is 16.9. The molecule has 2 aromatic carbocycles. The summed E-state index contributed by atoms with van der Waals surface area (Å²) in [4.78, 5) is 25.6. The molecule has 1 N–H and O–H groups in total. The second-order valence-electron chi connectivity index (χ2n) is 6.50. The molecule has 25 heavy (non-hydrogen) atoms. The van der Waals surface area contributed by atoms with E-state index in [2.05, 4.69) is 0 Å². The van der Waals surface area contributed by atoms with E-state index >= 15 is 0 Å². The SMILES string of the molecule is CCc1ccccc1C(=O)c1ccc(C2CCN(C=O)C2)c(CO)c1. The van der Waals surface area contributed by atoms with E-state index in [9.17, 15) is 14.7 Å². The summed E-state index contributed by atoms with van der Waals surface area (Å²) in [5.41, 5.74) is 4.15. The van der Waals surface area contributed by atoms with E-state index < -0.39 is 0 Å². The molecule has 3 rings (SSSR count). The molecule has 1 heterocycles. The summed E-state index contributed by atoms with van der Waals surface area (Å²) in [6, 6.07) is 13.2. The largest absolute Gasteiger partial charge is 0.392 e. The van der Waals surface area contributed by atoms with Gasteiger partial charge in [-0.05, 0) is 35.6 Å². The Balaban J connectivity index is 1.91. The molecule has 0 bridgehead atoms. The van der Waals surface area contributed by atoms with Crippen LogP contribution < -0.4 is 0 Å². The Morgan fingerprint density at radius 3 is 2.72 bits per heavy atom. The Bertz CT molecular complexity index is 784. The third-order valence-electron chi connectivity index (χ3n) is 5.03. The zero-order valence-corrected chi connectivity index (χ0v) is 14.4. The lowest BCUT2D eigenvalue weighted by Crippen LogP contribution is -2.18. The van der Waals surface area contributed by atoms with Gasteiger partial charge in [-0.1, -0.05) is 43.3 Å². The lowest BCUT2D eigenvalue weighted by molar-refractivity contribution is -0.117. The second kappa shape index (κ2) is 7.62. The van der Waals surface area contributed by atoms with Crippen LogP contribution in [0.25, 0.3) is 0 Å². The number of benzene rings is 2. The third-order valence-corrected chi connectivity index (χ3v) is 5.03. The summed E-state index contributed by atoms with van der Waals surface area (Å²) in [5.74, 6) is 0.207. The van der Waals surface area contributed by atoms with Gasteiger partial charge in [-0.2, -0.15) is 0 Å². The van der Waals surface area contributed by atoms with Crippen molar-refractivity contribution in [2.45, 2.75) is 32.3 Å². The van der Waals surface area contributed by atoms with Gasteiger partial charge in [0.15, 0.2) is 5.78 Å². The highest BCUT2D eigenvalue weighted by Crippen LogP contribution is 2.30. The summed E-state index contributed by atoms with van der Waals surface area (Å²) in [6.45, 7) is 3.34. The summed E-state index contributed by atoms with van der Waals surface area (Å²) in [7, 11) is 0. The zero-order chi connectivity index (χ0) is 17.8. The summed E-state index contributed by atoms with van der Waals surface area (Å²) >= 11 is 0. The first-order chi connectivity index (χ1) is 12.2. The fourth-order valence-electron chi connectivity index (χ4n) is 3.62. The number of rotatable bonds is 6. The predicted octanol–water partition coefficient (Wildman–Crippen LogP) is 2.92. The van der Waals surface area contributed by atoms with Crippen LogP contribution in [0.3, 0.4) is 0 Å². The van der Waals surface area contributed by atoms with E-state index in [0.29, 0.717) is 12.1 Å². The van der Waals surface area contributed by atoms with Gasteiger partial charge in [-0.15, -0.1) is 0 Å². The van der Waals surface area contributed by atoms with Crippen LogP contribution >= 0.6 is 0 Å². The molecule has 1 aliphatic rings. The van der Waals surface area contributed by atoms with Gasteiger partial charge in [-0.3, -0.25) is 9.59 Å². The van der Waals surface area contributed by atoms with E-state index in [0.717, 1.165) is 48.1 Å². The van der Waals surface area contributed by atoms with Crippen LogP contribution in [0, 0.1) is 0 Å². The zero-order valence-electron chi connectivity index (χ0n) is 14.4. The number of hydrogen-bond acceptors (Lipinski definition) is 3. The predicted molar refractivity (Wildman–Crippen MR) is 96.6 cm³/mol. The number of aryl methyl sites for hydroxylation is 1. The average Bonchev–Trinajstić information content (AvgIpc) is 3.15. The average molecular weight is 337 g/mol. The maximum Gasteiger partial charge on any atom is 0.209 e. The molecule has 1 unspecified atom stereocenters. The van der Waals surface area contributed by atoms with Crippen molar-refractivity contribution in [2.24, 2.45) is 0 Å². The van der Waals surface area contributed by atoms with E-state index in [1.807, 2.05) is 43.3 Å². The van der Waals surface area contributed by atoms with Crippen molar-refractivity contribution in [2.75, 3.05) is 13.1 Å². The highest BCUT2D eigenvalue weighted by molar-refractivity contribution is 6.10. The van der Waals surface area contributed by atoms with E-state index in [1.165, 1.54) is 0 Å². The first kappa shape index (κ1) is 17.4. The van der Waals surface area contributed by atoms with Crippen LogP contribution in [0.1, 0.15) is 51.9 Å². The Labute approximate surface area is 148 Å². The minimum Gasteiger partial charge on any atom is -0.392 e. The van der Waals surface area contributed by atoms with E-state index in [4.69, 9.17) is 0 Å². The van der Waals surface area contributed by atoms with Crippen molar-refractivity contribution < 1.29 is 14.7 Å². The van der Waals surface area contributed by atoms with Gasteiger partial charge < -0.3 is 10.0 Å². The van der Waals surface area contributed by atoms with Gasteiger partial charge in [0, 0.05) is 30.1 Å². The van der Waals surface area contributed by atoms with Crippen LogP contribution in [0.4, 0.5) is 0 Å². The minimum atomic E-state index is -0.108. The first-order valence-corrected chi connectivity index (χ1v) is 8.73. The molecule has 1 aliphatic heterocycles. The van der Waals surface area contributed by atoms with Gasteiger partial charge in [0.05, 0.1) is 6.61 Å². The Hall–Kier alpha value is -2.46. The van der Waals surface area contributed by atoms with E-state index in [1.54, 1.807) is 11.0 Å². The molecule has 1 atom stereocenters. The van der Waals surface area contributed by atoms with Gasteiger partial charge in [0.25, 0.3) is 0 Å². The quantitative estimate of drug-likeness (QED) is 0.651. The lowest BCUT2D eigenvalue weighted by Gasteiger charge is -2.16. The molecule has 0 radical (unpaired) electrons. The highest BCUT2D eigenvalue weighted by Gasteiger charge is 2.25. The monoisotopic (exact) mass is 337 g/mol. The molecule has 1 amide bonds. The Morgan fingerprint density at radius 2 is 2.04 bits per heavy atom. The molecule has 0 spiro atoms. The third kappa shape index (κ3) is 3.49. The smallest absolute Gasteiger partial charge is 0.209 e. The molecule has 4 nitrogen and oxygen atoms in total. The van der Waals surface area contributed by atoms with Crippen molar-refractivity contribution >= 4 is 12.2 Å². The number of amides is 1. The number of hydrogen-bond donors (Lipinski definition) is 1. The van der Waals surface area contributed by atoms with Gasteiger partial charge in [0.1, 0.15) is 0 Å². The van der Waals surface area contributed by atoms with E-state index in [-0.39, 0.29) is 18.3 Å². The topological polar surface area (TPSA) is 57.6 Å². The Kier molecular flexibility index (Phi) is 5.29. The number of carbonyl (C=O) groups excluding carboxylic acids is 2. The molecular weight excluding hydrogens is 314 g/mol. The number of nitrogens with zero attached hydrogens (tertiary/aromatic N) is 1. The maximum atomic E-state index is 12.9. The van der Waals surface area contributed by atoms with Crippen molar-refractivity contribution in [3.05, 3.63) is 70.3 Å². The first-order valence-electron chi connectivity index (χ1n) is 8.73. The van der Waals surface area contributed by atoms with Gasteiger partial charge >= 0.3 is 0 Å². The molecular formula is C21H23NO3. The fourth-order valence-corrected chi connectivity index (χ4v) is 3.62. The molecule has 2 aromatic rings. The summed E-state index contributed by atoms with van der Waals surface area (Å²) in [5, 5.41) is 9.78. The van der Waals surface area contributed by atoms with Crippen LogP contribution in [0.5, 0.6) is 0 Å². The van der Waals surface area contributed by atoms with Gasteiger partial charge in [-0.25, -0.2) is 0 Å². The fraction of sp³-hybridized carbons (Fsp3) is 0.333. The molecule has 0 saturated carbocycles. The molecule has 0 aliphatic carbocycles. The Morgan fingerprint density at radius 1 is 1.24 bits per heavy atom. The number of carbonyl (C=O) groups is 2. The maximum absolute atomic E-state index is 12.9. The van der Waals surface area contributed by atoms with Crippen LogP contribution in [-0.4, -0.2) is 35.3 Å². The summed E-state index contributed by atoms with van der Waals surface area (Å²) in [6.07, 6.45) is 2.56. The van der Waals surface area contributed by atoms with Crippen LogP contribution in [0.2, 0.25) is 0 Å².